The van der Waals surface area contributed by atoms with Gasteiger partial charge < -0.3 is 4.90 Å². The van der Waals surface area contributed by atoms with Gasteiger partial charge in [-0.25, -0.2) is 8.42 Å². The number of rotatable bonds is 1. The van der Waals surface area contributed by atoms with Crippen LogP contribution in [-0.4, -0.2) is 33.0 Å². The molecule has 0 spiro atoms. The van der Waals surface area contributed by atoms with Crippen LogP contribution in [0.4, 0.5) is 5.69 Å². The van der Waals surface area contributed by atoms with Gasteiger partial charge in [0.25, 0.3) is 0 Å². The van der Waals surface area contributed by atoms with E-state index in [4.69, 9.17) is 0 Å². The van der Waals surface area contributed by atoms with Crippen molar-refractivity contribution < 1.29 is 8.42 Å². The van der Waals surface area contributed by atoms with Crippen LogP contribution in [0.3, 0.4) is 0 Å². The van der Waals surface area contributed by atoms with Gasteiger partial charge in [0, 0.05) is 23.2 Å². The first-order valence-corrected chi connectivity index (χ1v) is 7.39. The fourth-order valence-electron chi connectivity index (χ4n) is 1.64. The van der Waals surface area contributed by atoms with Gasteiger partial charge in [0.15, 0.2) is 9.84 Å². The van der Waals surface area contributed by atoms with Gasteiger partial charge in [-0.05, 0) is 18.2 Å². The van der Waals surface area contributed by atoms with Crippen LogP contribution in [0.1, 0.15) is 0 Å². The summed E-state index contributed by atoms with van der Waals surface area (Å²) >= 11 is 3.41. The lowest BCUT2D eigenvalue weighted by Crippen LogP contribution is -2.40. The molecular formula is C10H12BrNO2S. The van der Waals surface area contributed by atoms with Crippen LogP contribution in [0.2, 0.25) is 0 Å². The molecule has 82 valence electrons. The maximum Gasteiger partial charge on any atom is 0.153 e. The molecule has 0 saturated carbocycles. The summed E-state index contributed by atoms with van der Waals surface area (Å²) in [6.07, 6.45) is 0. The Labute approximate surface area is 98.1 Å². The summed E-state index contributed by atoms with van der Waals surface area (Å²) in [6, 6.07) is 7.94. The zero-order chi connectivity index (χ0) is 10.9. The molecule has 2 rings (SSSR count). The van der Waals surface area contributed by atoms with Gasteiger partial charge in [-0.3, -0.25) is 0 Å². The van der Waals surface area contributed by atoms with Crippen molar-refractivity contribution in [3.05, 3.63) is 28.7 Å². The summed E-state index contributed by atoms with van der Waals surface area (Å²) in [4.78, 5) is 2.10. The number of halogens is 1. The van der Waals surface area contributed by atoms with Crippen molar-refractivity contribution in [1.29, 1.82) is 0 Å². The molecule has 1 aromatic carbocycles. The molecule has 5 heteroatoms. The topological polar surface area (TPSA) is 37.4 Å². The van der Waals surface area contributed by atoms with E-state index in [-0.39, 0.29) is 11.5 Å². The summed E-state index contributed by atoms with van der Waals surface area (Å²) < 4.78 is 23.5. The fraction of sp³-hybridized carbons (Fsp3) is 0.400. The van der Waals surface area contributed by atoms with Crippen molar-refractivity contribution in [2.45, 2.75) is 0 Å². The van der Waals surface area contributed by atoms with E-state index in [1.165, 1.54) is 0 Å². The van der Waals surface area contributed by atoms with E-state index < -0.39 is 9.84 Å². The molecule has 0 atom stereocenters. The Kier molecular flexibility index (Phi) is 3.02. The number of sulfone groups is 1. The fourth-order valence-corrected chi connectivity index (χ4v) is 3.23. The number of anilines is 1. The summed E-state index contributed by atoms with van der Waals surface area (Å²) in [5.74, 6) is 0.527. The van der Waals surface area contributed by atoms with E-state index in [0.29, 0.717) is 13.1 Å². The van der Waals surface area contributed by atoms with Crippen LogP contribution < -0.4 is 4.90 Å². The molecule has 1 saturated heterocycles. The highest BCUT2D eigenvalue weighted by atomic mass is 79.9. The second-order valence-corrected chi connectivity index (χ2v) is 6.84. The molecule has 1 aliphatic heterocycles. The maximum atomic E-state index is 11.3. The van der Waals surface area contributed by atoms with Crippen molar-refractivity contribution in [3.63, 3.8) is 0 Å². The van der Waals surface area contributed by atoms with Gasteiger partial charge in [0.1, 0.15) is 0 Å². The van der Waals surface area contributed by atoms with Crippen LogP contribution in [0.5, 0.6) is 0 Å². The third-order valence-corrected chi connectivity index (χ3v) is 4.62. The smallest absolute Gasteiger partial charge is 0.153 e. The Bertz CT molecular complexity index is 444. The average molecular weight is 290 g/mol. The van der Waals surface area contributed by atoms with Crippen LogP contribution in [0.15, 0.2) is 28.7 Å². The van der Waals surface area contributed by atoms with Gasteiger partial charge in [-0.15, -0.1) is 0 Å². The summed E-state index contributed by atoms with van der Waals surface area (Å²) in [7, 11) is -2.79. The second-order valence-electron chi connectivity index (χ2n) is 3.62. The molecule has 1 aromatic rings. The van der Waals surface area contributed by atoms with Gasteiger partial charge in [0.2, 0.25) is 0 Å². The van der Waals surface area contributed by atoms with Crippen molar-refractivity contribution in [2.24, 2.45) is 0 Å². The van der Waals surface area contributed by atoms with E-state index >= 15 is 0 Å². The van der Waals surface area contributed by atoms with E-state index in [1.807, 2.05) is 24.3 Å². The third kappa shape index (κ3) is 2.72. The SMILES string of the molecule is O=S1(=O)CCN(c2cccc(Br)c2)CC1. The first-order chi connectivity index (χ1) is 7.07. The standard InChI is InChI=1S/C10H12BrNO2S/c11-9-2-1-3-10(8-9)12-4-6-15(13,14)7-5-12/h1-3,8H,4-7H2. The van der Waals surface area contributed by atoms with Crippen LogP contribution in [0, 0.1) is 0 Å². The molecule has 0 amide bonds. The molecule has 1 fully saturated rings. The zero-order valence-corrected chi connectivity index (χ0v) is 10.6. The molecule has 0 aromatic heterocycles. The first kappa shape index (κ1) is 11.0. The Morgan fingerprint density at radius 1 is 1.20 bits per heavy atom. The van der Waals surface area contributed by atoms with Gasteiger partial charge in [-0.1, -0.05) is 22.0 Å². The largest absolute Gasteiger partial charge is 0.369 e. The van der Waals surface area contributed by atoms with Gasteiger partial charge in [0.05, 0.1) is 11.5 Å². The van der Waals surface area contributed by atoms with E-state index in [1.54, 1.807) is 0 Å². The molecule has 0 N–H and O–H groups in total. The molecule has 15 heavy (non-hydrogen) atoms. The minimum atomic E-state index is -2.79. The molecule has 3 nitrogen and oxygen atoms in total. The monoisotopic (exact) mass is 289 g/mol. The number of benzene rings is 1. The molecular weight excluding hydrogens is 278 g/mol. The van der Waals surface area contributed by atoms with Crippen molar-refractivity contribution in [1.82, 2.24) is 0 Å². The normalized spacial score (nSPS) is 20.2. The second kappa shape index (κ2) is 4.14. The summed E-state index contributed by atoms with van der Waals surface area (Å²) in [5.41, 5.74) is 1.08. The quantitative estimate of drug-likeness (QED) is 0.790. The highest BCUT2D eigenvalue weighted by Gasteiger charge is 2.21. The van der Waals surface area contributed by atoms with E-state index in [0.717, 1.165) is 10.2 Å². The molecule has 0 bridgehead atoms. The highest BCUT2D eigenvalue weighted by Crippen LogP contribution is 2.21. The lowest BCUT2D eigenvalue weighted by Gasteiger charge is -2.28. The predicted octanol–water partition coefficient (Wildman–Crippen LogP) is 1.68. The minimum Gasteiger partial charge on any atom is -0.369 e. The summed E-state index contributed by atoms with van der Waals surface area (Å²) in [5, 5.41) is 0. The Morgan fingerprint density at radius 3 is 2.47 bits per heavy atom. The van der Waals surface area contributed by atoms with E-state index in [9.17, 15) is 8.42 Å². The lowest BCUT2D eigenvalue weighted by molar-refractivity contribution is 0.587. The average Bonchev–Trinajstić information content (AvgIpc) is 2.17. The molecule has 1 heterocycles. The van der Waals surface area contributed by atoms with Crippen LogP contribution in [0.25, 0.3) is 0 Å². The molecule has 0 unspecified atom stereocenters. The van der Waals surface area contributed by atoms with Crippen LogP contribution in [-0.2, 0) is 9.84 Å². The molecule has 1 aliphatic rings. The minimum absolute atomic E-state index is 0.263. The lowest BCUT2D eigenvalue weighted by atomic mass is 10.3. The number of hydrogen-bond donors (Lipinski definition) is 0. The Morgan fingerprint density at radius 2 is 1.87 bits per heavy atom. The van der Waals surface area contributed by atoms with Crippen LogP contribution >= 0.6 is 15.9 Å². The van der Waals surface area contributed by atoms with Crippen molar-refractivity contribution >= 4 is 31.5 Å². The predicted molar refractivity (Wildman–Crippen MR) is 65.0 cm³/mol. The highest BCUT2D eigenvalue weighted by molar-refractivity contribution is 9.10. The molecule has 0 aliphatic carbocycles. The van der Waals surface area contributed by atoms with Crippen molar-refractivity contribution in [3.8, 4) is 0 Å². The number of nitrogens with zero attached hydrogens (tertiary/aromatic N) is 1. The third-order valence-electron chi connectivity index (χ3n) is 2.52. The number of hydrogen-bond acceptors (Lipinski definition) is 3. The molecule has 0 radical (unpaired) electrons. The summed E-state index contributed by atoms with van der Waals surface area (Å²) in [6.45, 7) is 1.19. The van der Waals surface area contributed by atoms with E-state index in [2.05, 4.69) is 20.8 Å². The maximum absolute atomic E-state index is 11.3. The first-order valence-electron chi connectivity index (χ1n) is 4.78. The Balaban J connectivity index is 2.14. The van der Waals surface area contributed by atoms with Gasteiger partial charge in [-0.2, -0.15) is 0 Å². The van der Waals surface area contributed by atoms with Gasteiger partial charge >= 0.3 is 0 Å². The Hall–Kier alpha value is -0.550. The van der Waals surface area contributed by atoms with Crippen molar-refractivity contribution in [2.75, 3.05) is 29.5 Å². The zero-order valence-electron chi connectivity index (χ0n) is 8.19.